The van der Waals surface area contributed by atoms with Gasteiger partial charge in [-0.25, -0.2) is 8.42 Å². The normalized spacial score (nSPS) is 13.8. The summed E-state index contributed by atoms with van der Waals surface area (Å²) >= 11 is 5.92. The summed E-state index contributed by atoms with van der Waals surface area (Å²) in [4.78, 5) is 12.8. The molecule has 1 unspecified atom stereocenters. The highest BCUT2D eigenvalue weighted by atomic mass is 35.5. The number of halogens is 1. The summed E-state index contributed by atoms with van der Waals surface area (Å²) < 4.78 is 39.1. The number of nitrogens with one attached hydrogen (secondary N) is 2. The number of ether oxygens (including phenoxy) is 2. The highest BCUT2D eigenvalue weighted by Crippen LogP contribution is 2.32. The maximum Gasteiger partial charge on any atom is 0.261 e. The molecule has 32 heavy (non-hydrogen) atoms. The van der Waals surface area contributed by atoms with E-state index in [1.165, 1.54) is 24.3 Å². The number of rotatable bonds is 6. The molecule has 9 heteroatoms. The van der Waals surface area contributed by atoms with Crippen molar-refractivity contribution < 1.29 is 22.7 Å². The summed E-state index contributed by atoms with van der Waals surface area (Å²) in [5, 5.41) is 3.30. The van der Waals surface area contributed by atoms with Crippen LogP contribution in [-0.2, 0) is 10.0 Å². The van der Waals surface area contributed by atoms with Crippen LogP contribution < -0.4 is 19.5 Å². The van der Waals surface area contributed by atoms with Crippen molar-refractivity contribution in [1.29, 1.82) is 0 Å². The molecule has 0 fully saturated rings. The number of hydrogen-bond acceptors (Lipinski definition) is 5. The van der Waals surface area contributed by atoms with Crippen molar-refractivity contribution in [3.8, 4) is 11.5 Å². The number of benzene rings is 3. The van der Waals surface area contributed by atoms with E-state index in [-0.39, 0.29) is 16.5 Å². The van der Waals surface area contributed by atoms with Gasteiger partial charge >= 0.3 is 0 Å². The van der Waals surface area contributed by atoms with Crippen molar-refractivity contribution in [3.63, 3.8) is 0 Å². The van der Waals surface area contributed by atoms with Gasteiger partial charge in [0.25, 0.3) is 15.9 Å². The van der Waals surface area contributed by atoms with Crippen molar-refractivity contribution in [2.75, 3.05) is 17.9 Å². The molecule has 1 aliphatic heterocycles. The molecule has 0 spiro atoms. The highest BCUT2D eigenvalue weighted by Gasteiger charge is 2.19. The molecule has 1 aliphatic rings. The summed E-state index contributed by atoms with van der Waals surface area (Å²) in [5.41, 5.74) is 1.40. The first-order chi connectivity index (χ1) is 15.3. The molecule has 0 aromatic heterocycles. The van der Waals surface area contributed by atoms with Gasteiger partial charge in [0.05, 0.1) is 16.6 Å². The van der Waals surface area contributed by atoms with Crippen LogP contribution in [0.4, 0.5) is 5.69 Å². The standard InChI is InChI=1S/C23H21ClN2O5S/c1-15(16-8-9-21-22(13-16)31-11-10-30-21)25-23(27)17-4-2-7-20(12-17)32(28,29)26-19-6-3-5-18(24)14-19/h2-9,12-15,26H,10-11H2,1H3,(H,25,27). The first-order valence-electron chi connectivity index (χ1n) is 9.91. The summed E-state index contributed by atoms with van der Waals surface area (Å²) in [6.07, 6.45) is 0. The summed E-state index contributed by atoms with van der Waals surface area (Å²) in [7, 11) is -3.90. The Kier molecular flexibility index (Phi) is 6.25. The molecular weight excluding hydrogens is 452 g/mol. The van der Waals surface area contributed by atoms with Crippen molar-refractivity contribution in [2.24, 2.45) is 0 Å². The van der Waals surface area contributed by atoms with Crippen LogP contribution in [0.15, 0.2) is 71.6 Å². The summed E-state index contributed by atoms with van der Waals surface area (Å²) in [6.45, 7) is 2.82. The molecule has 0 aliphatic carbocycles. The van der Waals surface area contributed by atoms with Crippen LogP contribution in [0.1, 0.15) is 28.9 Å². The van der Waals surface area contributed by atoms with Crippen LogP contribution in [0.25, 0.3) is 0 Å². The third-order valence-corrected chi connectivity index (χ3v) is 6.51. The minimum absolute atomic E-state index is 0.0305. The van der Waals surface area contributed by atoms with Crippen LogP contribution >= 0.6 is 11.6 Å². The lowest BCUT2D eigenvalue weighted by molar-refractivity contribution is 0.0939. The Hall–Kier alpha value is -3.23. The Bertz CT molecular complexity index is 1260. The second-order valence-electron chi connectivity index (χ2n) is 7.24. The molecule has 4 rings (SSSR count). The van der Waals surface area contributed by atoms with Gasteiger partial charge in [0, 0.05) is 10.6 Å². The van der Waals surface area contributed by atoms with Crippen molar-refractivity contribution in [1.82, 2.24) is 5.32 Å². The van der Waals surface area contributed by atoms with E-state index in [1.807, 2.05) is 19.1 Å². The van der Waals surface area contributed by atoms with E-state index < -0.39 is 15.9 Å². The van der Waals surface area contributed by atoms with Gasteiger partial charge in [-0.2, -0.15) is 0 Å². The molecular formula is C23H21ClN2O5S. The SMILES string of the molecule is CC(NC(=O)c1cccc(S(=O)(=O)Nc2cccc(Cl)c2)c1)c1ccc2c(c1)OCCO2. The fourth-order valence-corrected chi connectivity index (χ4v) is 4.55. The first kappa shape index (κ1) is 22.0. The number of amides is 1. The van der Waals surface area contributed by atoms with E-state index in [0.29, 0.717) is 35.4 Å². The van der Waals surface area contributed by atoms with Crippen LogP contribution in [0.2, 0.25) is 5.02 Å². The minimum atomic E-state index is -3.90. The van der Waals surface area contributed by atoms with Gasteiger partial charge in [0.15, 0.2) is 11.5 Å². The zero-order valence-electron chi connectivity index (χ0n) is 17.2. The minimum Gasteiger partial charge on any atom is -0.486 e. The monoisotopic (exact) mass is 472 g/mol. The van der Waals surface area contributed by atoms with Crippen molar-refractivity contribution in [2.45, 2.75) is 17.9 Å². The number of carbonyl (C=O) groups excluding carboxylic acids is 1. The lowest BCUT2D eigenvalue weighted by atomic mass is 10.1. The van der Waals surface area contributed by atoms with Gasteiger partial charge in [0.1, 0.15) is 13.2 Å². The largest absolute Gasteiger partial charge is 0.486 e. The smallest absolute Gasteiger partial charge is 0.261 e. The van der Waals surface area contributed by atoms with E-state index in [9.17, 15) is 13.2 Å². The van der Waals surface area contributed by atoms with Gasteiger partial charge in [-0.1, -0.05) is 29.8 Å². The predicted molar refractivity (Wildman–Crippen MR) is 122 cm³/mol. The molecule has 7 nitrogen and oxygen atoms in total. The van der Waals surface area contributed by atoms with Crippen LogP contribution in [0.3, 0.4) is 0 Å². The molecule has 3 aromatic rings. The number of hydrogen-bond donors (Lipinski definition) is 2. The Morgan fingerprint density at radius 2 is 1.72 bits per heavy atom. The van der Waals surface area contributed by atoms with Gasteiger partial charge < -0.3 is 14.8 Å². The predicted octanol–water partition coefficient (Wildman–Crippen LogP) is 4.40. The van der Waals surface area contributed by atoms with Crippen LogP contribution in [-0.4, -0.2) is 27.5 Å². The first-order valence-corrected chi connectivity index (χ1v) is 11.8. The molecule has 166 valence electrons. The molecule has 0 saturated heterocycles. The van der Waals surface area contributed by atoms with Crippen LogP contribution in [0, 0.1) is 0 Å². The van der Waals surface area contributed by atoms with Gasteiger partial charge in [-0.3, -0.25) is 9.52 Å². The van der Waals surface area contributed by atoms with Crippen LogP contribution in [0.5, 0.6) is 11.5 Å². The number of fused-ring (bicyclic) bond motifs is 1. The maximum absolute atomic E-state index is 12.8. The zero-order chi connectivity index (χ0) is 22.7. The number of sulfonamides is 1. The lowest BCUT2D eigenvalue weighted by Gasteiger charge is -2.21. The Morgan fingerprint density at radius 3 is 2.50 bits per heavy atom. The second kappa shape index (κ2) is 9.10. The maximum atomic E-state index is 12.8. The van der Waals surface area contributed by atoms with Gasteiger partial charge in [0.2, 0.25) is 0 Å². The van der Waals surface area contributed by atoms with E-state index in [4.69, 9.17) is 21.1 Å². The van der Waals surface area contributed by atoms with E-state index in [0.717, 1.165) is 5.56 Å². The molecule has 1 heterocycles. The molecule has 2 N–H and O–H groups in total. The Labute approximate surface area is 191 Å². The van der Waals surface area contributed by atoms with Gasteiger partial charge in [-0.05, 0) is 61.0 Å². The second-order valence-corrected chi connectivity index (χ2v) is 9.36. The number of anilines is 1. The van der Waals surface area contributed by atoms with E-state index >= 15 is 0 Å². The van der Waals surface area contributed by atoms with Crippen molar-refractivity contribution in [3.05, 3.63) is 82.9 Å². The quantitative estimate of drug-likeness (QED) is 0.554. The number of carbonyl (C=O) groups is 1. The third-order valence-electron chi connectivity index (χ3n) is 4.90. The summed E-state index contributed by atoms with van der Waals surface area (Å²) in [6, 6.07) is 17.4. The van der Waals surface area contributed by atoms with E-state index in [2.05, 4.69) is 10.0 Å². The summed E-state index contributed by atoms with van der Waals surface area (Å²) in [5.74, 6) is 0.908. The molecule has 0 radical (unpaired) electrons. The topological polar surface area (TPSA) is 93.7 Å². The zero-order valence-corrected chi connectivity index (χ0v) is 18.7. The molecule has 1 amide bonds. The third kappa shape index (κ3) is 4.98. The van der Waals surface area contributed by atoms with Crippen molar-refractivity contribution >= 4 is 33.2 Å². The highest BCUT2D eigenvalue weighted by molar-refractivity contribution is 7.92. The average Bonchev–Trinajstić information content (AvgIpc) is 2.78. The molecule has 1 atom stereocenters. The van der Waals surface area contributed by atoms with E-state index in [1.54, 1.807) is 30.3 Å². The Morgan fingerprint density at radius 1 is 0.969 bits per heavy atom. The fraction of sp³-hybridized carbons (Fsp3) is 0.174. The van der Waals surface area contributed by atoms with Gasteiger partial charge in [-0.15, -0.1) is 0 Å². The average molecular weight is 473 g/mol. The lowest BCUT2D eigenvalue weighted by Crippen LogP contribution is -2.27. The fourth-order valence-electron chi connectivity index (χ4n) is 3.26. The Balaban J connectivity index is 1.49. The molecule has 0 bridgehead atoms. The molecule has 0 saturated carbocycles. The molecule has 3 aromatic carbocycles.